The molecule has 0 bridgehead atoms. The number of pyridine rings is 1. The molecular formula is C25H28FN3O2S. The van der Waals surface area contributed by atoms with Gasteiger partial charge in [0.15, 0.2) is 5.01 Å². The Bertz CT molecular complexity index is 1080. The Morgan fingerprint density at radius 2 is 2.19 bits per heavy atom. The van der Waals surface area contributed by atoms with Gasteiger partial charge in [-0.2, -0.15) is 0 Å². The van der Waals surface area contributed by atoms with Crippen molar-refractivity contribution in [1.29, 1.82) is 0 Å². The van der Waals surface area contributed by atoms with E-state index in [2.05, 4.69) is 26.7 Å². The molecule has 1 unspecified atom stereocenters. The van der Waals surface area contributed by atoms with Crippen molar-refractivity contribution >= 4 is 22.2 Å². The lowest BCUT2D eigenvalue weighted by Crippen LogP contribution is -2.42. The molecule has 1 saturated heterocycles. The van der Waals surface area contributed by atoms with Crippen LogP contribution in [0.25, 0.3) is 10.9 Å². The third-order valence-electron chi connectivity index (χ3n) is 6.25. The zero-order chi connectivity index (χ0) is 22.3. The molecule has 0 aliphatic carbocycles. The predicted octanol–water partition coefficient (Wildman–Crippen LogP) is 4.47. The van der Waals surface area contributed by atoms with Crippen molar-refractivity contribution in [2.24, 2.45) is 11.8 Å². The number of benzene rings is 1. The normalized spacial score (nSPS) is 20.0. The quantitative estimate of drug-likeness (QED) is 0.535. The average Bonchev–Trinajstić information content (AvgIpc) is 3.35. The Labute approximate surface area is 192 Å². The highest BCUT2D eigenvalue weighted by atomic mass is 32.1. The summed E-state index contributed by atoms with van der Waals surface area (Å²) >= 11 is 1.54. The number of methoxy groups -OCH3 is 1. The highest BCUT2D eigenvalue weighted by molar-refractivity contribution is 7.10. The van der Waals surface area contributed by atoms with Crippen molar-refractivity contribution in [3.05, 3.63) is 52.6 Å². The first-order chi connectivity index (χ1) is 15.7. The van der Waals surface area contributed by atoms with Crippen LogP contribution in [0.5, 0.6) is 5.75 Å². The number of halogens is 1. The number of aliphatic hydroxyl groups is 1. The lowest BCUT2D eigenvalue weighted by atomic mass is 9.81. The van der Waals surface area contributed by atoms with Gasteiger partial charge in [-0.1, -0.05) is 5.92 Å². The third kappa shape index (κ3) is 5.44. The Morgan fingerprint density at radius 3 is 2.97 bits per heavy atom. The predicted molar refractivity (Wildman–Crippen MR) is 125 cm³/mol. The van der Waals surface area contributed by atoms with E-state index in [9.17, 15) is 5.11 Å². The number of thiazole rings is 1. The first-order valence-corrected chi connectivity index (χ1v) is 11.8. The van der Waals surface area contributed by atoms with Crippen LogP contribution in [0.4, 0.5) is 4.39 Å². The molecule has 32 heavy (non-hydrogen) atoms. The molecule has 1 N–H and O–H groups in total. The van der Waals surface area contributed by atoms with Gasteiger partial charge in [0.05, 0.1) is 19.2 Å². The Morgan fingerprint density at radius 1 is 1.28 bits per heavy atom. The standard InChI is InChI=1S/C25H28FN3O2S/c1-31-20-5-7-24-22(15-20)21(8-10-27-24)23(26)6-4-18-9-13-29(16-19(18)17-30)12-2-3-25-28-11-14-32-25/h5,7-8,10-11,14-15,18-19,23,30H,4,6,9,12-13,16-17H2,1H3/t18-,19-,23?/m1/s1. The van der Waals surface area contributed by atoms with E-state index in [1.165, 1.54) is 11.3 Å². The van der Waals surface area contributed by atoms with Gasteiger partial charge in [0.1, 0.15) is 11.9 Å². The number of hydrogen-bond acceptors (Lipinski definition) is 6. The van der Waals surface area contributed by atoms with E-state index < -0.39 is 6.17 Å². The van der Waals surface area contributed by atoms with Gasteiger partial charge in [0.2, 0.25) is 0 Å². The molecule has 0 amide bonds. The zero-order valence-corrected chi connectivity index (χ0v) is 19.0. The zero-order valence-electron chi connectivity index (χ0n) is 18.2. The van der Waals surface area contributed by atoms with E-state index in [0.29, 0.717) is 30.2 Å². The highest BCUT2D eigenvalue weighted by Crippen LogP contribution is 2.35. The average molecular weight is 454 g/mol. The monoisotopic (exact) mass is 453 g/mol. The fraction of sp³-hybridized carbons (Fsp3) is 0.440. The van der Waals surface area contributed by atoms with Gasteiger partial charge < -0.3 is 9.84 Å². The number of ether oxygens (including phenoxy) is 1. The minimum absolute atomic E-state index is 0.118. The summed E-state index contributed by atoms with van der Waals surface area (Å²) in [5.41, 5.74) is 1.43. The number of aromatic nitrogens is 2. The maximum atomic E-state index is 15.3. The molecule has 7 heteroatoms. The van der Waals surface area contributed by atoms with Gasteiger partial charge in [-0.15, -0.1) is 11.3 Å². The molecule has 1 fully saturated rings. The largest absolute Gasteiger partial charge is 0.497 e. The number of fused-ring (bicyclic) bond motifs is 1. The number of piperidine rings is 1. The van der Waals surface area contributed by atoms with Crippen LogP contribution in [-0.2, 0) is 0 Å². The smallest absolute Gasteiger partial charge is 0.166 e. The summed E-state index contributed by atoms with van der Waals surface area (Å²) in [7, 11) is 1.61. The molecule has 1 aliphatic heterocycles. The van der Waals surface area contributed by atoms with Gasteiger partial charge >= 0.3 is 0 Å². The number of nitrogens with zero attached hydrogens (tertiary/aromatic N) is 3. The molecule has 0 saturated carbocycles. The van der Waals surface area contributed by atoms with Gasteiger partial charge in [0, 0.05) is 36.3 Å². The molecule has 3 aromatic rings. The van der Waals surface area contributed by atoms with E-state index in [4.69, 9.17) is 4.74 Å². The van der Waals surface area contributed by atoms with Crippen molar-refractivity contribution in [2.45, 2.75) is 25.4 Å². The Balaban J connectivity index is 1.35. The fourth-order valence-electron chi connectivity index (χ4n) is 4.46. The molecule has 168 valence electrons. The molecule has 5 nitrogen and oxygen atoms in total. The number of aliphatic hydroxyl groups excluding tert-OH is 1. The molecule has 2 aromatic heterocycles. The van der Waals surface area contributed by atoms with Crippen molar-refractivity contribution in [1.82, 2.24) is 14.9 Å². The van der Waals surface area contributed by atoms with E-state index in [1.54, 1.807) is 25.6 Å². The molecule has 0 spiro atoms. The Kier molecular flexibility index (Phi) is 7.69. The minimum atomic E-state index is -1.07. The summed E-state index contributed by atoms with van der Waals surface area (Å²) in [6.07, 6.45) is 4.47. The lowest BCUT2D eigenvalue weighted by Gasteiger charge is -2.37. The van der Waals surface area contributed by atoms with Crippen LogP contribution in [0, 0.1) is 23.7 Å². The van der Waals surface area contributed by atoms with Crippen LogP contribution in [-0.4, -0.2) is 53.3 Å². The number of hydrogen-bond donors (Lipinski definition) is 1. The molecule has 4 rings (SSSR count). The SMILES string of the molecule is COc1ccc2nccc(C(F)CC[C@@H]3CCN(CC#Cc4nccs4)C[C@@H]3CO)c2c1. The molecule has 3 heterocycles. The highest BCUT2D eigenvalue weighted by Gasteiger charge is 2.29. The van der Waals surface area contributed by atoms with Crippen molar-refractivity contribution < 1.29 is 14.2 Å². The second kappa shape index (κ2) is 10.9. The molecule has 3 atom stereocenters. The summed E-state index contributed by atoms with van der Waals surface area (Å²) < 4.78 is 20.6. The summed E-state index contributed by atoms with van der Waals surface area (Å²) in [6, 6.07) is 7.32. The van der Waals surface area contributed by atoms with Gasteiger partial charge in [-0.25, -0.2) is 9.37 Å². The molecule has 1 aromatic carbocycles. The first kappa shape index (κ1) is 22.7. The van der Waals surface area contributed by atoms with Gasteiger partial charge in [0.25, 0.3) is 0 Å². The maximum Gasteiger partial charge on any atom is 0.166 e. The van der Waals surface area contributed by atoms with Crippen LogP contribution in [0.15, 0.2) is 42.0 Å². The summed E-state index contributed by atoms with van der Waals surface area (Å²) in [6.45, 7) is 2.49. The summed E-state index contributed by atoms with van der Waals surface area (Å²) in [4.78, 5) is 10.8. The van der Waals surface area contributed by atoms with E-state index in [-0.39, 0.29) is 12.5 Å². The minimum Gasteiger partial charge on any atom is -0.497 e. The van der Waals surface area contributed by atoms with Crippen LogP contribution >= 0.6 is 11.3 Å². The molecule has 0 radical (unpaired) electrons. The lowest BCUT2D eigenvalue weighted by molar-refractivity contribution is 0.0708. The molecule has 1 aliphatic rings. The first-order valence-electron chi connectivity index (χ1n) is 11.0. The van der Waals surface area contributed by atoms with E-state index in [0.717, 1.165) is 41.8 Å². The van der Waals surface area contributed by atoms with E-state index >= 15 is 4.39 Å². The number of likely N-dealkylation sites (tertiary alicyclic amines) is 1. The van der Waals surface area contributed by atoms with Crippen molar-refractivity contribution in [2.75, 3.05) is 33.4 Å². The van der Waals surface area contributed by atoms with E-state index in [1.807, 2.05) is 23.6 Å². The van der Waals surface area contributed by atoms with Gasteiger partial charge in [-0.05, 0) is 73.4 Å². The maximum absolute atomic E-state index is 15.3. The second-order valence-electron chi connectivity index (χ2n) is 8.19. The summed E-state index contributed by atoms with van der Waals surface area (Å²) in [5, 5.41) is 13.5. The fourth-order valence-corrected chi connectivity index (χ4v) is 4.96. The number of alkyl halides is 1. The van der Waals surface area contributed by atoms with Gasteiger partial charge in [-0.3, -0.25) is 9.88 Å². The van der Waals surface area contributed by atoms with Crippen LogP contribution in [0.3, 0.4) is 0 Å². The van der Waals surface area contributed by atoms with Crippen molar-refractivity contribution in [3.63, 3.8) is 0 Å². The second-order valence-corrected chi connectivity index (χ2v) is 9.09. The van der Waals surface area contributed by atoms with Crippen LogP contribution < -0.4 is 4.74 Å². The summed E-state index contributed by atoms with van der Waals surface area (Å²) in [5.74, 6) is 7.42. The molecular weight excluding hydrogens is 425 g/mol. The van der Waals surface area contributed by atoms with Crippen molar-refractivity contribution in [3.8, 4) is 17.6 Å². The number of rotatable bonds is 7. The Hall–Kier alpha value is -2.53. The topological polar surface area (TPSA) is 58.5 Å². The third-order valence-corrected chi connectivity index (χ3v) is 6.94. The van der Waals surface area contributed by atoms with Crippen LogP contribution in [0.1, 0.15) is 36.0 Å². The van der Waals surface area contributed by atoms with Crippen LogP contribution in [0.2, 0.25) is 0 Å².